The average molecular weight is 309 g/mol. The van der Waals surface area contributed by atoms with Crippen LogP contribution in [0.25, 0.3) is 0 Å². The van der Waals surface area contributed by atoms with Crippen molar-refractivity contribution in [2.75, 3.05) is 25.2 Å². The number of thioether (sulfide) groups is 1. The molecule has 2 fully saturated rings. The van der Waals surface area contributed by atoms with Gasteiger partial charge in [0.05, 0.1) is 24.8 Å². The lowest BCUT2D eigenvalue weighted by Gasteiger charge is -2.44. The van der Waals surface area contributed by atoms with Crippen LogP contribution in [0.5, 0.6) is 0 Å². The Morgan fingerprint density at radius 3 is 2.95 bits per heavy atom. The molecule has 19 heavy (non-hydrogen) atoms. The van der Waals surface area contributed by atoms with Crippen LogP contribution in [0, 0.1) is 0 Å². The first-order valence-corrected chi connectivity index (χ1v) is 8.30. The van der Waals surface area contributed by atoms with Crippen LogP contribution in [-0.4, -0.2) is 54.2 Å². The SMILES string of the molecule is CSCC[C@H](N)C(=O)N1CCOC2CCCCC21.Cl. The predicted molar refractivity (Wildman–Crippen MR) is 81.9 cm³/mol. The molecule has 6 heteroatoms. The largest absolute Gasteiger partial charge is 0.374 e. The number of halogens is 1. The van der Waals surface area contributed by atoms with Crippen LogP contribution < -0.4 is 5.73 Å². The Labute approximate surface area is 126 Å². The number of morpholine rings is 1. The second-order valence-corrected chi connectivity index (χ2v) is 6.17. The van der Waals surface area contributed by atoms with Gasteiger partial charge in [0, 0.05) is 6.54 Å². The van der Waals surface area contributed by atoms with E-state index in [2.05, 4.69) is 0 Å². The summed E-state index contributed by atoms with van der Waals surface area (Å²) in [6.45, 7) is 1.38. The minimum atomic E-state index is -0.335. The number of ether oxygens (including phenoxy) is 1. The molecule has 3 atom stereocenters. The molecule has 0 aromatic heterocycles. The van der Waals surface area contributed by atoms with Gasteiger partial charge >= 0.3 is 0 Å². The van der Waals surface area contributed by atoms with Crippen LogP contribution in [0.1, 0.15) is 32.1 Å². The van der Waals surface area contributed by atoms with E-state index in [0.29, 0.717) is 13.2 Å². The highest BCUT2D eigenvalue weighted by molar-refractivity contribution is 7.98. The van der Waals surface area contributed by atoms with Crippen molar-refractivity contribution in [1.29, 1.82) is 0 Å². The molecular weight excluding hydrogens is 284 g/mol. The van der Waals surface area contributed by atoms with Gasteiger partial charge in [0.2, 0.25) is 5.91 Å². The lowest BCUT2D eigenvalue weighted by Crippen LogP contribution is -2.58. The zero-order chi connectivity index (χ0) is 13.0. The molecule has 2 unspecified atom stereocenters. The highest BCUT2D eigenvalue weighted by atomic mass is 35.5. The fourth-order valence-corrected chi connectivity index (χ4v) is 3.44. The Balaban J connectivity index is 0.00000180. The van der Waals surface area contributed by atoms with E-state index in [1.807, 2.05) is 11.2 Å². The maximum Gasteiger partial charge on any atom is 0.239 e. The summed E-state index contributed by atoms with van der Waals surface area (Å²) in [4.78, 5) is 14.4. The fourth-order valence-electron chi connectivity index (χ4n) is 2.95. The summed E-state index contributed by atoms with van der Waals surface area (Å²) in [5.74, 6) is 1.08. The van der Waals surface area contributed by atoms with E-state index in [-0.39, 0.29) is 36.5 Å². The lowest BCUT2D eigenvalue weighted by molar-refractivity contribution is -0.150. The number of carbonyl (C=O) groups excluding carboxylic acids is 1. The van der Waals surface area contributed by atoms with Gasteiger partial charge < -0.3 is 15.4 Å². The van der Waals surface area contributed by atoms with E-state index in [1.165, 1.54) is 12.8 Å². The van der Waals surface area contributed by atoms with Gasteiger partial charge in [0.15, 0.2) is 0 Å². The summed E-state index contributed by atoms with van der Waals surface area (Å²) >= 11 is 1.74. The zero-order valence-electron chi connectivity index (χ0n) is 11.5. The van der Waals surface area contributed by atoms with E-state index >= 15 is 0 Å². The summed E-state index contributed by atoms with van der Waals surface area (Å²) < 4.78 is 5.78. The number of rotatable bonds is 4. The molecule has 1 amide bonds. The highest BCUT2D eigenvalue weighted by Crippen LogP contribution is 2.28. The van der Waals surface area contributed by atoms with Gasteiger partial charge in [0.1, 0.15) is 0 Å². The van der Waals surface area contributed by atoms with Gasteiger partial charge in [-0.05, 0) is 31.3 Å². The third-order valence-corrected chi connectivity index (χ3v) is 4.61. The van der Waals surface area contributed by atoms with Crippen molar-refractivity contribution in [3.05, 3.63) is 0 Å². The van der Waals surface area contributed by atoms with Gasteiger partial charge in [-0.25, -0.2) is 0 Å². The summed E-state index contributed by atoms with van der Waals surface area (Å²) in [5, 5.41) is 0. The topological polar surface area (TPSA) is 55.6 Å². The van der Waals surface area contributed by atoms with Crippen LogP contribution in [-0.2, 0) is 9.53 Å². The monoisotopic (exact) mass is 308 g/mol. The molecule has 0 bridgehead atoms. The number of hydrogen-bond acceptors (Lipinski definition) is 4. The summed E-state index contributed by atoms with van der Waals surface area (Å²) in [6, 6.07) is -0.0570. The second kappa shape index (κ2) is 8.35. The molecule has 0 spiro atoms. The van der Waals surface area contributed by atoms with Crippen molar-refractivity contribution in [2.45, 2.75) is 50.3 Å². The van der Waals surface area contributed by atoms with Gasteiger partial charge in [0.25, 0.3) is 0 Å². The Kier molecular flexibility index (Phi) is 7.50. The number of nitrogens with zero attached hydrogens (tertiary/aromatic N) is 1. The second-order valence-electron chi connectivity index (χ2n) is 5.18. The number of hydrogen-bond donors (Lipinski definition) is 1. The fraction of sp³-hybridized carbons (Fsp3) is 0.923. The van der Waals surface area contributed by atoms with Crippen LogP contribution >= 0.6 is 24.2 Å². The Morgan fingerprint density at radius 1 is 1.47 bits per heavy atom. The Morgan fingerprint density at radius 2 is 2.21 bits per heavy atom. The highest BCUT2D eigenvalue weighted by Gasteiger charge is 2.37. The van der Waals surface area contributed by atoms with Crippen molar-refractivity contribution in [3.8, 4) is 0 Å². The van der Waals surface area contributed by atoms with Crippen molar-refractivity contribution in [1.82, 2.24) is 4.90 Å². The first-order chi connectivity index (χ1) is 8.74. The van der Waals surface area contributed by atoms with Gasteiger partial charge in [-0.1, -0.05) is 12.8 Å². The van der Waals surface area contributed by atoms with E-state index in [1.54, 1.807) is 11.8 Å². The third kappa shape index (κ3) is 4.25. The number of nitrogens with two attached hydrogens (primary N) is 1. The van der Waals surface area contributed by atoms with Crippen molar-refractivity contribution in [2.24, 2.45) is 5.73 Å². The van der Waals surface area contributed by atoms with Gasteiger partial charge in [-0.3, -0.25) is 4.79 Å². The van der Waals surface area contributed by atoms with Crippen molar-refractivity contribution < 1.29 is 9.53 Å². The molecule has 0 aromatic rings. The normalized spacial score (nSPS) is 28.2. The molecular formula is C13H25ClN2O2S. The minimum Gasteiger partial charge on any atom is -0.374 e. The van der Waals surface area contributed by atoms with E-state index < -0.39 is 0 Å². The average Bonchev–Trinajstić information content (AvgIpc) is 2.43. The molecule has 2 N–H and O–H groups in total. The molecule has 0 aromatic carbocycles. The van der Waals surface area contributed by atoms with Crippen LogP contribution in [0.3, 0.4) is 0 Å². The van der Waals surface area contributed by atoms with Gasteiger partial charge in [-0.2, -0.15) is 11.8 Å². The number of fused-ring (bicyclic) bond motifs is 1. The first kappa shape index (κ1) is 17.1. The van der Waals surface area contributed by atoms with E-state index in [4.69, 9.17) is 10.5 Å². The Hall–Kier alpha value is 0.0300. The standard InChI is InChI=1S/C13H24N2O2S.ClH/c1-18-9-6-10(14)13(16)15-7-8-17-12-5-3-2-4-11(12)15;/h10-12H,2-9,14H2,1H3;1H/t10-,11?,12?;/m0./s1. The van der Waals surface area contributed by atoms with Crippen LogP contribution in [0.4, 0.5) is 0 Å². The smallest absolute Gasteiger partial charge is 0.239 e. The molecule has 0 radical (unpaired) electrons. The molecule has 1 aliphatic carbocycles. The van der Waals surface area contributed by atoms with Crippen LogP contribution in [0.2, 0.25) is 0 Å². The summed E-state index contributed by atoms with van der Waals surface area (Å²) in [5.41, 5.74) is 6.01. The maximum atomic E-state index is 12.4. The first-order valence-electron chi connectivity index (χ1n) is 6.90. The molecule has 4 nitrogen and oxygen atoms in total. The molecule has 1 saturated heterocycles. The predicted octanol–water partition coefficient (Wildman–Crippen LogP) is 1.66. The summed E-state index contributed by atoms with van der Waals surface area (Å²) in [7, 11) is 0. The van der Waals surface area contributed by atoms with Crippen LogP contribution in [0.15, 0.2) is 0 Å². The molecule has 1 heterocycles. The van der Waals surface area contributed by atoms with Crippen molar-refractivity contribution in [3.63, 3.8) is 0 Å². The van der Waals surface area contributed by atoms with Gasteiger partial charge in [-0.15, -0.1) is 12.4 Å². The maximum absolute atomic E-state index is 12.4. The quantitative estimate of drug-likeness (QED) is 0.858. The minimum absolute atomic E-state index is 0. The molecule has 112 valence electrons. The zero-order valence-corrected chi connectivity index (χ0v) is 13.2. The van der Waals surface area contributed by atoms with E-state index in [0.717, 1.165) is 25.0 Å². The number of amides is 1. The molecule has 1 aliphatic heterocycles. The third-order valence-electron chi connectivity index (χ3n) is 3.97. The van der Waals surface area contributed by atoms with E-state index in [9.17, 15) is 4.79 Å². The number of carbonyl (C=O) groups is 1. The molecule has 2 rings (SSSR count). The Bertz CT molecular complexity index is 292. The molecule has 2 aliphatic rings. The van der Waals surface area contributed by atoms with Crippen molar-refractivity contribution >= 4 is 30.1 Å². The lowest BCUT2D eigenvalue weighted by atomic mass is 9.89. The summed E-state index contributed by atoms with van der Waals surface area (Å²) in [6.07, 6.45) is 7.66. The molecule has 1 saturated carbocycles.